The molecular weight excluding hydrogens is 270 g/mol. The molecule has 0 amide bonds. The maximum atomic E-state index is 5.61. The second-order valence-electron chi connectivity index (χ2n) is 5.53. The minimum atomic E-state index is 0. The van der Waals surface area contributed by atoms with Crippen LogP contribution in [0, 0.1) is 0 Å². The highest BCUT2D eigenvalue weighted by atomic mass is 35.5. The number of fused-ring (bicyclic) bond motifs is 1. The number of ether oxygens (including phenoxy) is 1. The van der Waals surface area contributed by atoms with E-state index in [9.17, 15) is 0 Å². The molecule has 2 nitrogen and oxygen atoms in total. The Hall–Kier alpha value is -0.730. The van der Waals surface area contributed by atoms with Crippen LogP contribution in [0.2, 0.25) is 0 Å². The van der Waals surface area contributed by atoms with E-state index in [1.807, 2.05) is 0 Å². The molecule has 0 aromatic heterocycles. The molecule has 3 heteroatoms. The van der Waals surface area contributed by atoms with Crippen LogP contribution in [0.15, 0.2) is 18.2 Å². The van der Waals surface area contributed by atoms with Gasteiger partial charge in [0.05, 0.1) is 7.11 Å². The molecule has 0 aliphatic heterocycles. The average molecular weight is 298 g/mol. The van der Waals surface area contributed by atoms with Crippen LogP contribution in [0.1, 0.15) is 56.6 Å². The van der Waals surface area contributed by atoms with Crippen LogP contribution in [0.5, 0.6) is 5.75 Å². The molecule has 0 heterocycles. The van der Waals surface area contributed by atoms with E-state index in [1.54, 1.807) is 7.11 Å². The number of halogens is 1. The van der Waals surface area contributed by atoms with Crippen molar-refractivity contribution in [3.05, 3.63) is 29.3 Å². The van der Waals surface area contributed by atoms with Crippen molar-refractivity contribution in [3.8, 4) is 5.75 Å². The zero-order valence-corrected chi connectivity index (χ0v) is 13.8. The van der Waals surface area contributed by atoms with Crippen LogP contribution in [-0.2, 0) is 6.42 Å². The number of hydrogen-bond donors (Lipinski definition) is 1. The van der Waals surface area contributed by atoms with Gasteiger partial charge >= 0.3 is 0 Å². The Bertz CT molecular complexity index is 394. The Balaban J connectivity index is 0.00000200. The molecule has 1 aromatic carbocycles. The Labute approximate surface area is 129 Å². The summed E-state index contributed by atoms with van der Waals surface area (Å²) in [4.78, 5) is 0. The Morgan fingerprint density at radius 3 is 2.70 bits per heavy atom. The topological polar surface area (TPSA) is 21.3 Å². The van der Waals surface area contributed by atoms with Crippen molar-refractivity contribution < 1.29 is 4.74 Å². The van der Waals surface area contributed by atoms with E-state index in [-0.39, 0.29) is 12.4 Å². The van der Waals surface area contributed by atoms with E-state index >= 15 is 0 Å². The Kier molecular flexibility index (Phi) is 7.39. The van der Waals surface area contributed by atoms with Crippen LogP contribution < -0.4 is 10.1 Å². The van der Waals surface area contributed by atoms with Gasteiger partial charge in [0.15, 0.2) is 0 Å². The molecule has 20 heavy (non-hydrogen) atoms. The first-order valence-corrected chi connectivity index (χ1v) is 7.70. The molecule has 2 atom stereocenters. The largest absolute Gasteiger partial charge is 0.496 e. The van der Waals surface area contributed by atoms with E-state index in [1.165, 1.54) is 43.2 Å². The SMILES string of the molecule is CCCN[C@H]1CCc2cccc(OC)c2[C@H]1CCC.Cl. The molecule has 1 aliphatic carbocycles. The molecule has 0 saturated carbocycles. The van der Waals surface area contributed by atoms with Crippen molar-refractivity contribution in [1.82, 2.24) is 5.32 Å². The average Bonchev–Trinajstić information content (AvgIpc) is 2.45. The van der Waals surface area contributed by atoms with E-state index in [4.69, 9.17) is 4.74 Å². The van der Waals surface area contributed by atoms with Crippen LogP contribution in [0.25, 0.3) is 0 Å². The molecule has 2 rings (SSSR count). The van der Waals surface area contributed by atoms with Gasteiger partial charge in [-0.3, -0.25) is 0 Å². The van der Waals surface area contributed by atoms with E-state index in [2.05, 4.69) is 37.4 Å². The molecule has 1 aliphatic rings. The predicted octanol–water partition coefficient (Wildman–Crippen LogP) is 4.32. The highest BCUT2D eigenvalue weighted by Gasteiger charge is 2.30. The van der Waals surface area contributed by atoms with E-state index in [0.717, 1.165) is 12.3 Å². The number of rotatable bonds is 6. The fourth-order valence-corrected chi connectivity index (χ4v) is 3.35. The lowest BCUT2D eigenvalue weighted by Gasteiger charge is -2.35. The second-order valence-corrected chi connectivity index (χ2v) is 5.53. The lowest BCUT2D eigenvalue weighted by molar-refractivity contribution is 0.347. The zero-order chi connectivity index (χ0) is 13.7. The second kappa shape index (κ2) is 8.53. The third-order valence-electron chi connectivity index (χ3n) is 4.21. The monoisotopic (exact) mass is 297 g/mol. The standard InChI is InChI=1S/C17H27NO.ClH/c1-4-7-14-15(18-12-5-2)11-10-13-8-6-9-16(19-3)17(13)14;/h6,8-9,14-15,18H,4-5,7,10-12H2,1-3H3;1H/t14-,15-;/m0./s1. The van der Waals surface area contributed by atoms with Gasteiger partial charge in [-0.2, -0.15) is 0 Å². The van der Waals surface area contributed by atoms with Gasteiger partial charge in [0.2, 0.25) is 0 Å². The summed E-state index contributed by atoms with van der Waals surface area (Å²) in [7, 11) is 1.79. The fourth-order valence-electron chi connectivity index (χ4n) is 3.35. The number of benzene rings is 1. The quantitative estimate of drug-likeness (QED) is 0.844. The maximum Gasteiger partial charge on any atom is 0.122 e. The molecule has 0 fully saturated rings. The molecule has 1 N–H and O–H groups in total. The van der Waals surface area contributed by atoms with Crippen LogP contribution in [0.4, 0.5) is 0 Å². The summed E-state index contributed by atoms with van der Waals surface area (Å²) in [5, 5.41) is 3.74. The van der Waals surface area contributed by atoms with Gasteiger partial charge in [-0.1, -0.05) is 32.4 Å². The molecule has 0 unspecified atom stereocenters. The first-order chi connectivity index (χ1) is 9.31. The summed E-state index contributed by atoms with van der Waals surface area (Å²) in [6.45, 7) is 5.63. The minimum absolute atomic E-state index is 0. The number of hydrogen-bond acceptors (Lipinski definition) is 2. The Morgan fingerprint density at radius 2 is 2.05 bits per heavy atom. The molecule has 0 spiro atoms. The first-order valence-electron chi connectivity index (χ1n) is 7.70. The highest BCUT2D eigenvalue weighted by molar-refractivity contribution is 5.85. The lowest BCUT2D eigenvalue weighted by Crippen LogP contribution is -2.39. The fraction of sp³-hybridized carbons (Fsp3) is 0.647. The van der Waals surface area contributed by atoms with Gasteiger partial charge in [0.1, 0.15) is 5.75 Å². The molecule has 0 bridgehead atoms. The minimum Gasteiger partial charge on any atom is -0.496 e. The van der Waals surface area contributed by atoms with Crippen molar-refractivity contribution in [2.75, 3.05) is 13.7 Å². The van der Waals surface area contributed by atoms with Crippen LogP contribution >= 0.6 is 12.4 Å². The summed E-state index contributed by atoms with van der Waals surface area (Å²) in [6, 6.07) is 7.13. The van der Waals surface area contributed by atoms with Crippen LogP contribution in [-0.4, -0.2) is 19.7 Å². The number of aryl methyl sites for hydroxylation is 1. The van der Waals surface area contributed by atoms with Crippen molar-refractivity contribution in [2.45, 2.75) is 57.9 Å². The summed E-state index contributed by atoms with van der Waals surface area (Å²) in [5.41, 5.74) is 2.96. The van der Waals surface area contributed by atoms with Crippen molar-refractivity contribution in [2.24, 2.45) is 0 Å². The third-order valence-corrected chi connectivity index (χ3v) is 4.21. The van der Waals surface area contributed by atoms with E-state index < -0.39 is 0 Å². The molecule has 0 radical (unpaired) electrons. The third kappa shape index (κ3) is 3.67. The predicted molar refractivity (Wildman–Crippen MR) is 88.3 cm³/mol. The molecule has 114 valence electrons. The van der Waals surface area contributed by atoms with Gasteiger partial charge in [-0.05, 0) is 43.9 Å². The zero-order valence-electron chi connectivity index (χ0n) is 12.9. The Morgan fingerprint density at radius 1 is 1.25 bits per heavy atom. The molecule has 0 saturated heterocycles. The van der Waals surface area contributed by atoms with Crippen molar-refractivity contribution >= 4 is 12.4 Å². The number of nitrogens with one attached hydrogen (secondary N) is 1. The number of methoxy groups -OCH3 is 1. The lowest BCUT2D eigenvalue weighted by atomic mass is 9.76. The van der Waals surface area contributed by atoms with Gasteiger partial charge in [-0.15, -0.1) is 12.4 Å². The van der Waals surface area contributed by atoms with Gasteiger partial charge in [0, 0.05) is 17.5 Å². The van der Waals surface area contributed by atoms with Gasteiger partial charge < -0.3 is 10.1 Å². The van der Waals surface area contributed by atoms with Gasteiger partial charge in [-0.25, -0.2) is 0 Å². The summed E-state index contributed by atoms with van der Waals surface area (Å²) in [6.07, 6.45) is 6.11. The van der Waals surface area contributed by atoms with Crippen LogP contribution in [0.3, 0.4) is 0 Å². The first kappa shape index (κ1) is 17.3. The summed E-state index contributed by atoms with van der Waals surface area (Å²) >= 11 is 0. The maximum absolute atomic E-state index is 5.61. The van der Waals surface area contributed by atoms with Crippen molar-refractivity contribution in [3.63, 3.8) is 0 Å². The summed E-state index contributed by atoms with van der Waals surface area (Å²) in [5.74, 6) is 1.69. The normalized spacial score (nSPS) is 20.9. The van der Waals surface area contributed by atoms with E-state index in [0.29, 0.717) is 12.0 Å². The van der Waals surface area contributed by atoms with Crippen molar-refractivity contribution in [1.29, 1.82) is 0 Å². The van der Waals surface area contributed by atoms with Gasteiger partial charge in [0.25, 0.3) is 0 Å². The molecule has 1 aromatic rings. The smallest absolute Gasteiger partial charge is 0.122 e. The molecular formula is C17H28ClNO. The highest BCUT2D eigenvalue weighted by Crippen LogP contribution is 2.40. The summed E-state index contributed by atoms with van der Waals surface area (Å²) < 4.78 is 5.61.